The largest absolute Gasteiger partial charge is 0.504 e. The number of amides is 1. The molecular formula is C30H26FNO7. The van der Waals surface area contributed by atoms with Crippen LogP contribution in [0.25, 0.3) is 11.0 Å². The summed E-state index contributed by atoms with van der Waals surface area (Å²) in [5, 5.41) is 21.9. The first-order valence-electron chi connectivity index (χ1n) is 12.4. The number of fused-ring (bicyclic) bond motifs is 1. The number of benzene rings is 3. The highest BCUT2D eigenvalue weighted by atomic mass is 19.1. The lowest BCUT2D eigenvalue weighted by Gasteiger charge is -2.27. The van der Waals surface area contributed by atoms with Crippen molar-refractivity contribution in [2.24, 2.45) is 0 Å². The predicted octanol–water partition coefficient (Wildman–Crippen LogP) is 5.51. The Bertz CT molecular complexity index is 1590. The molecule has 0 bridgehead atoms. The van der Waals surface area contributed by atoms with E-state index >= 15 is 0 Å². The minimum atomic E-state index is -1.000. The van der Waals surface area contributed by atoms with Crippen molar-refractivity contribution >= 4 is 22.7 Å². The van der Waals surface area contributed by atoms with E-state index in [-0.39, 0.29) is 41.8 Å². The van der Waals surface area contributed by atoms with Crippen molar-refractivity contribution < 1.29 is 38.1 Å². The van der Waals surface area contributed by atoms with Crippen LogP contribution in [0, 0.1) is 5.82 Å². The first-order chi connectivity index (χ1) is 18.8. The third-order valence-electron chi connectivity index (χ3n) is 6.65. The maximum atomic E-state index is 13.8. The maximum Gasteiger partial charge on any atom is 0.290 e. The number of para-hydroxylation sites is 1. The summed E-state index contributed by atoms with van der Waals surface area (Å²) in [6.45, 7) is 2.16. The van der Waals surface area contributed by atoms with Gasteiger partial charge in [0.25, 0.3) is 5.91 Å². The smallest absolute Gasteiger partial charge is 0.290 e. The number of rotatable bonds is 9. The van der Waals surface area contributed by atoms with Gasteiger partial charge in [0, 0.05) is 11.9 Å². The molecule has 1 atom stereocenters. The van der Waals surface area contributed by atoms with E-state index in [4.69, 9.17) is 13.9 Å². The molecule has 0 radical (unpaired) electrons. The number of ketones is 1. The zero-order valence-corrected chi connectivity index (χ0v) is 21.3. The number of Topliss-reactive ketones (excluding diaryl/α,β-unsaturated/α-hetero) is 1. The van der Waals surface area contributed by atoms with Crippen LogP contribution in [0.3, 0.4) is 0 Å². The molecule has 5 rings (SSSR count). The Balaban J connectivity index is 1.57. The summed E-state index contributed by atoms with van der Waals surface area (Å²) in [5.74, 6) is -2.04. The topological polar surface area (TPSA) is 109 Å². The van der Waals surface area contributed by atoms with Crippen LogP contribution in [-0.4, -0.2) is 47.1 Å². The Kier molecular flexibility index (Phi) is 6.98. The number of carbonyl (C=O) groups excluding carboxylic acids is 2. The lowest BCUT2D eigenvalue weighted by Crippen LogP contribution is -2.33. The Labute approximate surface area is 223 Å². The Morgan fingerprint density at radius 2 is 1.82 bits per heavy atom. The van der Waals surface area contributed by atoms with E-state index in [1.165, 1.54) is 42.3 Å². The highest BCUT2D eigenvalue weighted by Crippen LogP contribution is 2.42. The van der Waals surface area contributed by atoms with Gasteiger partial charge in [-0.25, -0.2) is 4.39 Å². The fraction of sp³-hybridized carbons (Fsp3) is 0.200. The quantitative estimate of drug-likeness (QED) is 0.274. The second-order valence-electron chi connectivity index (χ2n) is 9.02. The van der Waals surface area contributed by atoms with Gasteiger partial charge in [-0.15, -0.1) is 0 Å². The molecule has 2 heterocycles. The molecule has 0 aliphatic carbocycles. The molecule has 1 aliphatic heterocycles. The molecular weight excluding hydrogens is 505 g/mol. The van der Waals surface area contributed by atoms with Crippen molar-refractivity contribution in [3.63, 3.8) is 0 Å². The van der Waals surface area contributed by atoms with Crippen LogP contribution >= 0.6 is 0 Å². The fourth-order valence-electron chi connectivity index (χ4n) is 4.78. The minimum absolute atomic E-state index is 0.0713. The van der Waals surface area contributed by atoms with Gasteiger partial charge in [-0.3, -0.25) is 9.59 Å². The van der Waals surface area contributed by atoms with Crippen LogP contribution in [0.4, 0.5) is 4.39 Å². The van der Waals surface area contributed by atoms with E-state index in [1.807, 2.05) is 0 Å². The highest BCUT2D eigenvalue weighted by molar-refractivity contribution is 6.16. The van der Waals surface area contributed by atoms with Crippen LogP contribution in [0.15, 0.2) is 82.5 Å². The third-order valence-corrected chi connectivity index (χ3v) is 6.65. The molecule has 8 nitrogen and oxygen atoms in total. The van der Waals surface area contributed by atoms with E-state index in [2.05, 4.69) is 0 Å². The van der Waals surface area contributed by atoms with Crippen LogP contribution in [0.5, 0.6) is 17.2 Å². The molecule has 0 spiro atoms. The standard InChI is InChI=1S/C30H26FNO7/c1-3-38-23-15-18(9-12-21(23)33)26-25(27(34)24-16-19-5-4-6-22(37-2)29(19)39-24)28(35)30(36)32(26)14-13-17-7-10-20(31)11-8-17/h4-12,15-16,26,33,35H,3,13-14H2,1-2H3. The number of nitrogens with zero attached hydrogens (tertiary/aromatic N) is 1. The van der Waals surface area contributed by atoms with Crippen LogP contribution in [0.1, 0.15) is 34.6 Å². The molecule has 2 N–H and O–H groups in total. The number of methoxy groups -OCH3 is 1. The van der Waals surface area contributed by atoms with Gasteiger partial charge >= 0.3 is 0 Å². The maximum absolute atomic E-state index is 13.8. The fourth-order valence-corrected chi connectivity index (χ4v) is 4.78. The number of aliphatic hydroxyl groups is 1. The van der Waals surface area contributed by atoms with E-state index in [9.17, 15) is 24.2 Å². The normalized spacial score (nSPS) is 15.3. The average molecular weight is 532 g/mol. The van der Waals surface area contributed by atoms with Crippen LogP contribution < -0.4 is 9.47 Å². The van der Waals surface area contributed by atoms with Crippen molar-refractivity contribution in [2.75, 3.05) is 20.3 Å². The summed E-state index contributed by atoms with van der Waals surface area (Å²) < 4.78 is 30.1. The molecule has 3 aromatic carbocycles. The minimum Gasteiger partial charge on any atom is -0.504 e. The first-order valence-corrected chi connectivity index (χ1v) is 12.4. The molecule has 1 aromatic heterocycles. The SMILES string of the molecule is CCOc1cc(C2C(C(=O)c3cc4cccc(OC)c4o3)=C(O)C(=O)N2CCc2ccc(F)cc2)ccc1O. The zero-order valence-electron chi connectivity index (χ0n) is 21.3. The lowest BCUT2D eigenvalue weighted by atomic mass is 9.94. The van der Waals surface area contributed by atoms with Crippen LogP contribution in [0.2, 0.25) is 0 Å². The molecule has 0 fully saturated rings. The molecule has 9 heteroatoms. The van der Waals surface area contributed by atoms with E-state index in [0.717, 1.165) is 5.56 Å². The molecule has 1 unspecified atom stereocenters. The summed E-state index contributed by atoms with van der Waals surface area (Å²) in [7, 11) is 1.48. The van der Waals surface area contributed by atoms with Crippen molar-refractivity contribution in [1.82, 2.24) is 4.90 Å². The molecule has 200 valence electrons. The van der Waals surface area contributed by atoms with E-state index < -0.39 is 23.5 Å². The molecule has 0 saturated carbocycles. The van der Waals surface area contributed by atoms with Crippen LogP contribution in [-0.2, 0) is 11.2 Å². The number of phenolic OH excluding ortho intramolecular Hbond substituents is 1. The molecule has 4 aromatic rings. The first kappa shape index (κ1) is 25.8. The second-order valence-corrected chi connectivity index (χ2v) is 9.02. The predicted molar refractivity (Wildman–Crippen MR) is 141 cm³/mol. The summed E-state index contributed by atoms with van der Waals surface area (Å²) in [4.78, 5) is 28.5. The Morgan fingerprint density at radius 1 is 1.05 bits per heavy atom. The van der Waals surface area contributed by atoms with Crippen molar-refractivity contribution in [3.05, 3.63) is 101 Å². The number of furan rings is 1. The Hall–Kier alpha value is -4.79. The lowest BCUT2D eigenvalue weighted by molar-refractivity contribution is -0.129. The van der Waals surface area contributed by atoms with E-state index in [1.54, 1.807) is 43.3 Å². The third kappa shape index (κ3) is 4.79. The molecule has 39 heavy (non-hydrogen) atoms. The van der Waals surface area contributed by atoms with Gasteiger partial charge in [0.2, 0.25) is 5.78 Å². The average Bonchev–Trinajstić information content (AvgIpc) is 3.48. The highest BCUT2D eigenvalue weighted by Gasteiger charge is 2.44. The second kappa shape index (κ2) is 10.5. The van der Waals surface area contributed by atoms with Gasteiger partial charge in [0.1, 0.15) is 5.82 Å². The number of hydrogen-bond acceptors (Lipinski definition) is 7. The number of carbonyl (C=O) groups is 2. The Morgan fingerprint density at radius 3 is 2.54 bits per heavy atom. The molecule has 1 aliphatic rings. The number of ether oxygens (including phenoxy) is 2. The van der Waals surface area contributed by atoms with Crippen molar-refractivity contribution in [3.8, 4) is 17.2 Å². The number of aromatic hydroxyl groups is 1. The van der Waals surface area contributed by atoms with Gasteiger partial charge < -0.3 is 29.0 Å². The summed E-state index contributed by atoms with van der Waals surface area (Å²) in [6.07, 6.45) is 0.343. The zero-order chi connectivity index (χ0) is 27.7. The number of phenols is 1. The summed E-state index contributed by atoms with van der Waals surface area (Å²) in [5.41, 5.74) is 1.42. The summed E-state index contributed by atoms with van der Waals surface area (Å²) in [6, 6.07) is 16.1. The van der Waals surface area contributed by atoms with Crippen molar-refractivity contribution in [2.45, 2.75) is 19.4 Å². The van der Waals surface area contributed by atoms with Gasteiger partial charge in [0.05, 0.1) is 25.3 Å². The monoisotopic (exact) mass is 531 g/mol. The number of hydrogen-bond donors (Lipinski definition) is 2. The van der Waals surface area contributed by atoms with Gasteiger partial charge in [0.15, 0.2) is 34.4 Å². The van der Waals surface area contributed by atoms with Gasteiger partial charge in [-0.1, -0.05) is 30.3 Å². The molecule has 0 saturated heterocycles. The van der Waals surface area contributed by atoms with Gasteiger partial charge in [-0.05, 0) is 60.9 Å². The number of aliphatic hydroxyl groups excluding tert-OH is 1. The van der Waals surface area contributed by atoms with Crippen molar-refractivity contribution in [1.29, 1.82) is 0 Å². The van der Waals surface area contributed by atoms with E-state index in [0.29, 0.717) is 28.7 Å². The number of halogens is 1. The summed E-state index contributed by atoms with van der Waals surface area (Å²) >= 11 is 0. The molecule has 1 amide bonds. The van der Waals surface area contributed by atoms with Gasteiger partial charge in [-0.2, -0.15) is 0 Å².